The van der Waals surface area contributed by atoms with Crippen molar-refractivity contribution < 1.29 is 4.42 Å². The molecule has 0 N–H and O–H groups in total. The standard InChI is InChI=1S/C54H34O/c1-2-17-36(18-3-1)39-20-6-7-22-42(39)51-43-23-8-10-25-45(43)53(46-26-11-9-24-44(46)51)52-40(38-33-32-35-16-4-5-19-37(35)34-38)27-14-28-47(52)49-30-15-29-48-41-21-12-13-31-50(41)55-54(48)49/h1-34H. The first-order chi connectivity index (χ1) is 27.3. The molecule has 0 aliphatic rings. The lowest BCUT2D eigenvalue weighted by molar-refractivity contribution is 0.670. The predicted molar refractivity (Wildman–Crippen MR) is 233 cm³/mol. The van der Waals surface area contributed by atoms with Gasteiger partial charge in [-0.25, -0.2) is 0 Å². The van der Waals surface area contributed by atoms with Crippen LogP contribution in [-0.4, -0.2) is 0 Å². The molecule has 0 saturated heterocycles. The van der Waals surface area contributed by atoms with Crippen LogP contribution < -0.4 is 0 Å². The van der Waals surface area contributed by atoms with Gasteiger partial charge in [-0.1, -0.05) is 194 Å². The molecule has 10 aromatic carbocycles. The average Bonchev–Trinajstić information content (AvgIpc) is 3.65. The maximum atomic E-state index is 6.74. The number of benzene rings is 10. The molecular weight excluding hydrogens is 665 g/mol. The molecule has 0 fully saturated rings. The molecule has 0 spiro atoms. The minimum absolute atomic E-state index is 0.898. The summed E-state index contributed by atoms with van der Waals surface area (Å²) in [5, 5.41) is 9.57. The van der Waals surface area contributed by atoms with Crippen molar-refractivity contribution in [2.45, 2.75) is 0 Å². The van der Waals surface area contributed by atoms with Crippen molar-refractivity contribution in [2.75, 3.05) is 0 Å². The molecule has 11 rings (SSSR count). The van der Waals surface area contributed by atoms with Crippen LogP contribution in [0.25, 0.3) is 110 Å². The minimum atomic E-state index is 0.898. The fourth-order valence-electron chi connectivity index (χ4n) is 8.86. The normalized spacial score (nSPS) is 11.6. The minimum Gasteiger partial charge on any atom is -0.455 e. The third-order valence-electron chi connectivity index (χ3n) is 11.3. The number of para-hydroxylation sites is 2. The van der Waals surface area contributed by atoms with Crippen molar-refractivity contribution in [2.24, 2.45) is 0 Å². The van der Waals surface area contributed by atoms with Crippen LogP contribution in [0.3, 0.4) is 0 Å². The Hall–Kier alpha value is -7.22. The fourth-order valence-corrected chi connectivity index (χ4v) is 8.86. The van der Waals surface area contributed by atoms with Crippen molar-refractivity contribution in [3.8, 4) is 55.6 Å². The molecule has 0 aliphatic carbocycles. The molecular formula is C54H34O. The molecule has 0 radical (unpaired) electrons. The number of furan rings is 1. The highest BCUT2D eigenvalue weighted by molar-refractivity contribution is 6.25. The monoisotopic (exact) mass is 698 g/mol. The number of hydrogen-bond acceptors (Lipinski definition) is 1. The van der Waals surface area contributed by atoms with E-state index in [1.54, 1.807) is 0 Å². The van der Waals surface area contributed by atoms with E-state index in [0.717, 1.165) is 33.1 Å². The van der Waals surface area contributed by atoms with E-state index in [0.29, 0.717) is 0 Å². The van der Waals surface area contributed by atoms with Crippen LogP contribution >= 0.6 is 0 Å². The van der Waals surface area contributed by atoms with Gasteiger partial charge in [-0.15, -0.1) is 0 Å². The Bertz CT molecular complexity index is 3200. The molecule has 55 heavy (non-hydrogen) atoms. The van der Waals surface area contributed by atoms with Gasteiger partial charge in [-0.2, -0.15) is 0 Å². The molecule has 0 amide bonds. The number of rotatable bonds is 5. The topological polar surface area (TPSA) is 13.1 Å². The van der Waals surface area contributed by atoms with E-state index in [1.807, 2.05) is 6.07 Å². The highest BCUT2D eigenvalue weighted by Crippen LogP contribution is 2.51. The van der Waals surface area contributed by atoms with E-state index >= 15 is 0 Å². The van der Waals surface area contributed by atoms with Gasteiger partial charge < -0.3 is 4.42 Å². The number of fused-ring (bicyclic) bond motifs is 6. The van der Waals surface area contributed by atoms with Crippen molar-refractivity contribution in [3.63, 3.8) is 0 Å². The maximum absolute atomic E-state index is 6.74. The van der Waals surface area contributed by atoms with Gasteiger partial charge in [0.05, 0.1) is 0 Å². The van der Waals surface area contributed by atoms with Gasteiger partial charge in [0.15, 0.2) is 0 Å². The van der Waals surface area contributed by atoms with Crippen LogP contribution in [0.4, 0.5) is 0 Å². The average molecular weight is 699 g/mol. The van der Waals surface area contributed by atoms with Gasteiger partial charge >= 0.3 is 0 Å². The molecule has 1 nitrogen and oxygen atoms in total. The van der Waals surface area contributed by atoms with Crippen molar-refractivity contribution >= 4 is 54.3 Å². The molecule has 1 aromatic heterocycles. The van der Waals surface area contributed by atoms with Crippen LogP contribution in [0, 0.1) is 0 Å². The zero-order valence-electron chi connectivity index (χ0n) is 30.0. The summed E-state index contributed by atoms with van der Waals surface area (Å²) in [4.78, 5) is 0. The van der Waals surface area contributed by atoms with E-state index in [4.69, 9.17) is 4.42 Å². The van der Waals surface area contributed by atoms with Gasteiger partial charge in [0, 0.05) is 16.3 Å². The summed E-state index contributed by atoms with van der Waals surface area (Å²) in [5.41, 5.74) is 13.7. The van der Waals surface area contributed by atoms with Crippen LogP contribution in [-0.2, 0) is 0 Å². The maximum Gasteiger partial charge on any atom is 0.143 e. The fraction of sp³-hybridized carbons (Fsp3) is 0. The molecule has 11 aromatic rings. The second kappa shape index (κ2) is 12.7. The Morgan fingerprint density at radius 3 is 1.55 bits per heavy atom. The van der Waals surface area contributed by atoms with E-state index in [1.165, 1.54) is 76.8 Å². The Labute approximate surface area is 319 Å². The zero-order chi connectivity index (χ0) is 36.3. The lowest BCUT2D eigenvalue weighted by Crippen LogP contribution is -1.96. The smallest absolute Gasteiger partial charge is 0.143 e. The Kier molecular flexibility index (Phi) is 7.25. The third-order valence-corrected chi connectivity index (χ3v) is 11.3. The summed E-state index contributed by atoms with van der Waals surface area (Å²) in [7, 11) is 0. The second-order valence-electron chi connectivity index (χ2n) is 14.3. The summed E-state index contributed by atoms with van der Waals surface area (Å²) in [5.74, 6) is 0. The van der Waals surface area contributed by atoms with Crippen molar-refractivity contribution in [3.05, 3.63) is 206 Å². The first-order valence-electron chi connectivity index (χ1n) is 18.9. The molecule has 1 heteroatoms. The molecule has 256 valence electrons. The van der Waals surface area contributed by atoms with Crippen LogP contribution in [0.5, 0.6) is 0 Å². The molecule has 0 saturated carbocycles. The van der Waals surface area contributed by atoms with Gasteiger partial charge in [0.2, 0.25) is 0 Å². The molecule has 0 atom stereocenters. The summed E-state index contributed by atoms with van der Waals surface area (Å²) in [6.45, 7) is 0. The Morgan fingerprint density at radius 1 is 0.255 bits per heavy atom. The van der Waals surface area contributed by atoms with E-state index in [2.05, 4.69) is 200 Å². The van der Waals surface area contributed by atoms with Crippen LogP contribution in [0.15, 0.2) is 211 Å². The van der Waals surface area contributed by atoms with E-state index < -0.39 is 0 Å². The van der Waals surface area contributed by atoms with Gasteiger partial charge in [-0.3, -0.25) is 0 Å². The first kappa shape index (κ1) is 31.3. The molecule has 0 aliphatic heterocycles. The lowest BCUT2D eigenvalue weighted by Gasteiger charge is -2.23. The number of hydrogen-bond donors (Lipinski definition) is 0. The molecule has 1 heterocycles. The molecule has 0 unspecified atom stereocenters. The summed E-state index contributed by atoms with van der Waals surface area (Å²) < 4.78 is 6.74. The Morgan fingerprint density at radius 2 is 0.782 bits per heavy atom. The van der Waals surface area contributed by atoms with Gasteiger partial charge in [0.1, 0.15) is 11.2 Å². The summed E-state index contributed by atoms with van der Waals surface area (Å²) >= 11 is 0. The molecule has 0 bridgehead atoms. The lowest BCUT2D eigenvalue weighted by atomic mass is 9.80. The van der Waals surface area contributed by atoms with Crippen molar-refractivity contribution in [1.29, 1.82) is 0 Å². The quantitative estimate of drug-likeness (QED) is 0.163. The third kappa shape index (κ3) is 5.01. The SMILES string of the molecule is c1ccc(-c2ccccc2-c2c3ccccc3c(-c3c(-c4ccc5ccccc5c4)cccc3-c3cccc4c3oc3ccccc34)c3ccccc23)cc1. The predicted octanol–water partition coefficient (Wildman–Crippen LogP) is 15.4. The summed E-state index contributed by atoms with van der Waals surface area (Å²) in [6, 6.07) is 74.8. The first-order valence-corrected chi connectivity index (χ1v) is 18.9. The van der Waals surface area contributed by atoms with Gasteiger partial charge in [0.25, 0.3) is 0 Å². The van der Waals surface area contributed by atoms with Crippen LogP contribution in [0.2, 0.25) is 0 Å². The Balaban J connectivity index is 1.29. The second-order valence-corrected chi connectivity index (χ2v) is 14.3. The largest absolute Gasteiger partial charge is 0.455 e. The highest BCUT2D eigenvalue weighted by atomic mass is 16.3. The van der Waals surface area contributed by atoms with Crippen LogP contribution in [0.1, 0.15) is 0 Å². The van der Waals surface area contributed by atoms with E-state index in [-0.39, 0.29) is 0 Å². The van der Waals surface area contributed by atoms with E-state index in [9.17, 15) is 0 Å². The van der Waals surface area contributed by atoms with Gasteiger partial charge in [-0.05, 0) is 94.5 Å². The highest BCUT2D eigenvalue weighted by Gasteiger charge is 2.24. The van der Waals surface area contributed by atoms with Crippen molar-refractivity contribution in [1.82, 2.24) is 0 Å². The zero-order valence-corrected chi connectivity index (χ0v) is 30.0. The summed E-state index contributed by atoms with van der Waals surface area (Å²) in [6.07, 6.45) is 0.